The molecule has 0 N–H and O–H groups in total. The van der Waals surface area contributed by atoms with Crippen LogP contribution in [0.4, 0.5) is 0 Å². The zero-order valence-corrected chi connectivity index (χ0v) is 15.4. The number of hydrogen-bond acceptors (Lipinski definition) is 4. The largest absolute Gasteiger partial charge is 0.478 e. The summed E-state index contributed by atoms with van der Waals surface area (Å²) in [6.45, 7) is 5.70. The highest BCUT2D eigenvalue weighted by Gasteiger charge is 2.21. The second-order valence-electron chi connectivity index (χ2n) is 6.69. The van der Waals surface area contributed by atoms with Crippen LogP contribution in [0.2, 0.25) is 0 Å². The fraction of sp³-hybridized carbons (Fsp3) is 0.400. The monoisotopic (exact) mass is 355 g/mol. The second-order valence-corrected chi connectivity index (χ2v) is 6.69. The minimum atomic E-state index is -0.193. The molecule has 0 saturated carbocycles. The van der Waals surface area contributed by atoms with Crippen LogP contribution in [0, 0.1) is 6.92 Å². The number of aromatic nitrogens is 1. The number of benzene rings is 1. The molecule has 1 aromatic heterocycles. The molecule has 6 heteroatoms. The van der Waals surface area contributed by atoms with Gasteiger partial charge in [-0.25, -0.2) is 0 Å². The first-order valence-corrected chi connectivity index (χ1v) is 8.87. The number of piperazine rings is 1. The maximum absolute atomic E-state index is 12.4. The summed E-state index contributed by atoms with van der Waals surface area (Å²) < 4.78 is 7.28. The zero-order chi connectivity index (χ0) is 18.5. The highest BCUT2D eigenvalue weighted by molar-refractivity contribution is 5.77. The molecule has 0 spiro atoms. The lowest BCUT2D eigenvalue weighted by molar-refractivity contribution is -0.135. The van der Waals surface area contributed by atoms with Gasteiger partial charge in [0.25, 0.3) is 5.91 Å². The Kier molecular flexibility index (Phi) is 5.73. The maximum Gasteiger partial charge on any atom is 0.260 e. The smallest absolute Gasteiger partial charge is 0.260 e. The zero-order valence-electron chi connectivity index (χ0n) is 15.4. The van der Waals surface area contributed by atoms with Crippen LogP contribution in [-0.2, 0) is 18.4 Å². The molecule has 138 valence electrons. The molecule has 1 fully saturated rings. The van der Waals surface area contributed by atoms with E-state index in [4.69, 9.17) is 4.74 Å². The molecule has 1 aliphatic heterocycles. The quantitative estimate of drug-likeness (QED) is 0.814. The molecule has 6 nitrogen and oxygen atoms in total. The van der Waals surface area contributed by atoms with E-state index in [2.05, 4.69) is 17.0 Å². The van der Waals surface area contributed by atoms with Gasteiger partial charge in [-0.2, -0.15) is 0 Å². The minimum absolute atomic E-state index is 0.0769. The summed E-state index contributed by atoms with van der Waals surface area (Å²) in [5, 5.41) is 0. The van der Waals surface area contributed by atoms with E-state index in [9.17, 15) is 9.59 Å². The van der Waals surface area contributed by atoms with Crippen LogP contribution in [0.25, 0.3) is 0 Å². The summed E-state index contributed by atoms with van der Waals surface area (Å²) in [6.07, 6.45) is 1.63. The van der Waals surface area contributed by atoms with Crippen molar-refractivity contribution in [2.45, 2.75) is 13.5 Å². The van der Waals surface area contributed by atoms with Crippen molar-refractivity contribution in [1.82, 2.24) is 14.4 Å². The van der Waals surface area contributed by atoms with Gasteiger partial charge in [-0.3, -0.25) is 14.5 Å². The molecule has 2 heterocycles. The van der Waals surface area contributed by atoms with E-state index >= 15 is 0 Å². The van der Waals surface area contributed by atoms with Crippen LogP contribution in [0.5, 0.6) is 5.75 Å². The SMILES string of the molecule is Cc1cc(=O)c(OCC(=O)N2CCN(Cc3ccccc3)CC2)cn1C. The van der Waals surface area contributed by atoms with Gasteiger partial charge in [-0.1, -0.05) is 30.3 Å². The summed E-state index contributed by atoms with van der Waals surface area (Å²) in [5.41, 5.74) is 1.94. The van der Waals surface area contributed by atoms with Gasteiger partial charge in [-0.05, 0) is 12.5 Å². The molecule has 0 bridgehead atoms. The standard InChI is InChI=1S/C20H25N3O3/c1-16-12-18(24)19(14-21(16)2)26-15-20(25)23-10-8-22(9-11-23)13-17-6-4-3-5-7-17/h3-7,12,14H,8-11,13,15H2,1-2H3. The molecular formula is C20H25N3O3. The summed E-state index contributed by atoms with van der Waals surface area (Å²) in [5.74, 6) is 0.140. The van der Waals surface area contributed by atoms with Crippen LogP contribution in [0.1, 0.15) is 11.3 Å². The summed E-state index contributed by atoms with van der Waals surface area (Å²) in [4.78, 5) is 28.4. The van der Waals surface area contributed by atoms with Crippen LogP contribution in [-0.4, -0.2) is 53.1 Å². The molecule has 2 aromatic rings. The molecule has 26 heavy (non-hydrogen) atoms. The number of aryl methyl sites for hydroxylation is 2. The Bertz CT molecular complexity index is 809. The van der Waals surface area contributed by atoms with Gasteiger partial charge in [0.2, 0.25) is 5.43 Å². The lowest BCUT2D eigenvalue weighted by Crippen LogP contribution is -2.49. The average Bonchev–Trinajstić information content (AvgIpc) is 2.65. The molecule has 1 saturated heterocycles. The van der Waals surface area contributed by atoms with E-state index in [0.29, 0.717) is 13.1 Å². The molecule has 1 aromatic carbocycles. The average molecular weight is 355 g/mol. The third kappa shape index (κ3) is 4.52. The Morgan fingerprint density at radius 3 is 2.50 bits per heavy atom. The van der Waals surface area contributed by atoms with Crippen LogP contribution >= 0.6 is 0 Å². The van der Waals surface area contributed by atoms with E-state index in [-0.39, 0.29) is 23.7 Å². The van der Waals surface area contributed by atoms with E-state index in [1.807, 2.05) is 36.7 Å². The minimum Gasteiger partial charge on any atom is -0.478 e. The lowest BCUT2D eigenvalue weighted by Gasteiger charge is -2.34. The number of pyridine rings is 1. The molecule has 3 rings (SSSR count). The first-order valence-electron chi connectivity index (χ1n) is 8.87. The van der Waals surface area contributed by atoms with Gasteiger partial charge >= 0.3 is 0 Å². The number of amides is 1. The van der Waals surface area contributed by atoms with Gasteiger partial charge in [0.05, 0.1) is 0 Å². The summed E-state index contributed by atoms with van der Waals surface area (Å²) >= 11 is 0. The van der Waals surface area contributed by atoms with E-state index in [1.165, 1.54) is 11.6 Å². The fourth-order valence-electron chi connectivity index (χ4n) is 3.04. The van der Waals surface area contributed by atoms with Crippen LogP contribution in [0.3, 0.4) is 0 Å². The van der Waals surface area contributed by atoms with Crippen molar-refractivity contribution >= 4 is 5.91 Å². The van der Waals surface area contributed by atoms with Gasteiger partial charge in [-0.15, -0.1) is 0 Å². The van der Waals surface area contributed by atoms with Crippen molar-refractivity contribution in [2.24, 2.45) is 7.05 Å². The first-order chi connectivity index (χ1) is 12.5. The molecule has 0 atom stereocenters. The number of carbonyl (C=O) groups excluding carboxylic acids is 1. The third-order valence-electron chi connectivity index (χ3n) is 4.78. The highest BCUT2D eigenvalue weighted by Crippen LogP contribution is 2.09. The topological polar surface area (TPSA) is 54.8 Å². The molecule has 0 unspecified atom stereocenters. The summed E-state index contributed by atoms with van der Waals surface area (Å²) in [7, 11) is 1.84. The van der Waals surface area contributed by atoms with Gasteiger partial charge in [0.15, 0.2) is 12.4 Å². The molecule has 0 aliphatic carbocycles. The Hall–Kier alpha value is -2.60. The summed E-state index contributed by atoms with van der Waals surface area (Å²) in [6, 6.07) is 11.9. The van der Waals surface area contributed by atoms with Gasteiger partial charge in [0.1, 0.15) is 0 Å². The normalized spacial score (nSPS) is 15.1. The number of nitrogens with zero attached hydrogens (tertiary/aromatic N) is 3. The van der Waals surface area contributed by atoms with Crippen LogP contribution in [0.15, 0.2) is 47.4 Å². The Morgan fingerprint density at radius 2 is 1.81 bits per heavy atom. The fourth-order valence-corrected chi connectivity index (χ4v) is 3.04. The van der Waals surface area contributed by atoms with Gasteiger partial charge < -0.3 is 14.2 Å². The Balaban J connectivity index is 1.48. The van der Waals surface area contributed by atoms with Crippen molar-refractivity contribution in [3.8, 4) is 5.75 Å². The number of ether oxygens (including phenoxy) is 1. The van der Waals surface area contributed by atoms with Crippen molar-refractivity contribution in [2.75, 3.05) is 32.8 Å². The van der Waals surface area contributed by atoms with E-state index in [0.717, 1.165) is 25.3 Å². The predicted octanol–water partition coefficient (Wildman–Crippen LogP) is 1.42. The third-order valence-corrected chi connectivity index (χ3v) is 4.78. The van der Waals surface area contributed by atoms with Crippen molar-refractivity contribution in [3.63, 3.8) is 0 Å². The highest BCUT2D eigenvalue weighted by atomic mass is 16.5. The molecule has 1 amide bonds. The van der Waals surface area contributed by atoms with Crippen molar-refractivity contribution in [1.29, 1.82) is 0 Å². The van der Waals surface area contributed by atoms with E-state index in [1.54, 1.807) is 11.1 Å². The van der Waals surface area contributed by atoms with E-state index < -0.39 is 0 Å². The number of carbonyl (C=O) groups is 1. The number of hydrogen-bond donors (Lipinski definition) is 0. The van der Waals surface area contributed by atoms with Gasteiger partial charge in [0, 0.05) is 57.7 Å². The predicted molar refractivity (Wildman–Crippen MR) is 100 cm³/mol. The maximum atomic E-state index is 12.4. The van der Waals surface area contributed by atoms with Crippen molar-refractivity contribution in [3.05, 3.63) is 64.1 Å². The first kappa shape index (κ1) is 18.2. The Labute approximate surface area is 153 Å². The van der Waals surface area contributed by atoms with Crippen LogP contribution < -0.4 is 10.2 Å². The molecule has 0 radical (unpaired) electrons. The lowest BCUT2D eigenvalue weighted by atomic mass is 10.2. The van der Waals surface area contributed by atoms with Crippen molar-refractivity contribution < 1.29 is 9.53 Å². The molecular weight excluding hydrogens is 330 g/mol. The second kappa shape index (κ2) is 8.19. The molecule has 1 aliphatic rings. The Morgan fingerprint density at radius 1 is 1.12 bits per heavy atom. The number of rotatable bonds is 5.